The maximum Gasteiger partial charge on any atom is 0.127 e. The van der Waals surface area contributed by atoms with Gasteiger partial charge in [-0.15, -0.1) is 0 Å². The van der Waals surface area contributed by atoms with Crippen molar-refractivity contribution >= 4 is 11.0 Å². The number of hydrogen-bond donors (Lipinski definition) is 2. The van der Waals surface area contributed by atoms with E-state index >= 15 is 0 Å². The Morgan fingerprint density at radius 2 is 2.14 bits per heavy atom. The first-order valence-electron chi connectivity index (χ1n) is 7.18. The van der Waals surface area contributed by atoms with Crippen molar-refractivity contribution in [1.29, 1.82) is 0 Å². The number of nitrogens with zero attached hydrogens (tertiary/aromatic N) is 3. The van der Waals surface area contributed by atoms with Gasteiger partial charge in [0.2, 0.25) is 0 Å². The molecule has 1 aromatic heterocycles. The van der Waals surface area contributed by atoms with Gasteiger partial charge in [-0.25, -0.2) is 4.98 Å². The minimum Gasteiger partial charge on any atom is -0.508 e. The Bertz CT molecular complexity index is 595. The van der Waals surface area contributed by atoms with E-state index in [1.54, 1.807) is 12.1 Å². The number of rotatable bonds is 7. The van der Waals surface area contributed by atoms with Crippen LogP contribution in [0.25, 0.3) is 11.0 Å². The molecule has 21 heavy (non-hydrogen) atoms. The monoisotopic (exact) mass is 292 g/mol. The van der Waals surface area contributed by atoms with E-state index in [0.717, 1.165) is 23.4 Å². The number of phenolic OH excluding ortho intramolecular Hbond substituents is 1. The molecule has 0 spiro atoms. The van der Waals surface area contributed by atoms with Crippen molar-refractivity contribution in [3.05, 3.63) is 24.0 Å². The molecular weight excluding hydrogens is 268 g/mol. The van der Waals surface area contributed by atoms with Gasteiger partial charge in [-0.3, -0.25) is 4.90 Å². The van der Waals surface area contributed by atoms with E-state index in [1.807, 2.05) is 20.2 Å². The Labute approximate surface area is 125 Å². The number of nitrogens with two attached hydrogens (primary N) is 1. The number of phenols is 1. The van der Waals surface area contributed by atoms with Crippen molar-refractivity contribution in [2.75, 3.05) is 33.9 Å². The van der Waals surface area contributed by atoms with Crippen molar-refractivity contribution in [1.82, 2.24) is 14.5 Å². The van der Waals surface area contributed by atoms with Crippen molar-refractivity contribution < 1.29 is 9.84 Å². The molecular formula is C15H24N4O2. The lowest BCUT2D eigenvalue weighted by Crippen LogP contribution is -2.22. The van der Waals surface area contributed by atoms with Crippen molar-refractivity contribution in [2.45, 2.75) is 19.5 Å². The molecule has 1 aromatic carbocycles. The highest BCUT2D eigenvalue weighted by atomic mass is 16.5. The van der Waals surface area contributed by atoms with E-state index in [4.69, 9.17) is 10.5 Å². The van der Waals surface area contributed by atoms with Gasteiger partial charge in [0.15, 0.2) is 0 Å². The van der Waals surface area contributed by atoms with Crippen LogP contribution in [0.1, 0.15) is 18.8 Å². The van der Waals surface area contributed by atoms with Gasteiger partial charge in [-0.05, 0) is 33.2 Å². The summed E-state index contributed by atoms with van der Waals surface area (Å²) in [6.45, 7) is 4.51. The van der Waals surface area contributed by atoms with Gasteiger partial charge in [0.25, 0.3) is 0 Å². The third-order valence-electron chi connectivity index (χ3n) is 3.63. The molecule has 3 N–H and O–H groups in total. The Morgan fingerprint density at radius 1 is 1.38 bits per heavy atom. The predicted octanol–water partition coefficient (Wildman–Crippen LogP) is 1.34. The highest BCUT2D eigenvalue weighted by Gasteiger charge is 2.18. The predicted molar refractivity (Wildman–Crippen MR) is 83.4 cm³/mol. The highest BCUT2D eigenvalue weighted by molar-refractivity contribution is 5.77. The average Bonchev–Trinajstić information content (AvgIpc) is 2.80. The Hall–Kier alpha value is -1.63. The lowest BCUT2D eigenvalue weighted by Gasteiger charge is -2.20. The molecule has 0 bridgehead atoms. The number of aromatic hydroxyl groups is 1. The topological polar surface area (TPSA) is 76.5 Å². The van der Waals surface area contributed by atoms with Gasteiger partial charge in [0.05, 0.1) is 30.3 Å². The van der Waals surface area contributed by atoms with Crippen molar-refractivity contribution in [2.24, 2.45) is 5.73 Å². The molecule has 1 unspecified atom stereocenters. The second-order valence-electron chi connectivity index (χ2n) is 5.34. The Kier molecular flexibility index (Phi) is 5.17. The molecule has 2 rings (SSSR count). The smallest absolute Gasteiger partial charge is 0.127 e. The summed E-state index contributed by atoms with van der Waals surface area (Å²) in [5, 5.41) is 9.63. The minimum atomic E-state index is 0.175. The first kappa shape index (κ1) is 15.8. The maximum atomic E-state index is 9.63. The number of ether oxygens (including phenoxy) is 1. The fourth-order valence-corrected chi connectivity index (χ4v) is 2.26. The standard InChI is InChI=1S/C15H24N4O2/c1-11(18(2)3)15-17-13-10-12(20)4-5-14(13)19(15)7-9-21-8-6-16/h4-5,10-11,20H,6-9,16H2,1-3H3. The van der Waals surface area contributed by atoms with Gasteiger partial charge in [-0.2, -0.15) is 0 Å². The van der Waals surface area contributed by atoms with Crippen LogP contribution in [0.15, 0.2) is 18.2 Å². The number of hydrogen-bond acceptors (Lipinski definition) is 5. The third-order valence-corrected chi connectivity index (χ3v) is 3.63. The summed E-state index contributed by atoms with van der Waals surface area (Å²) in [6, 6.07) is 5.45. The maximum absolute atomic E-state index is 9.63. The normalized spacial score (nSPS) is 13.2. The van der Waals surface area contributed by atoms with E-state index in [1.165, 1.54) is 0 Å². The molecule has 1 atom stereocenters. The largest absolute Gasteiger partial charge is 0.508 e. The average molecular weight is 292 g/mol. The first-order chi connectivity index (χ1) is 10.0. The molecule has 6 nitrogen and oxygen atoms in total. The number of fused-ring (bicyclic) bond motifs is 1. The molecule has 0 saturated heterocycles. The lowest BCUT2D eigenvalue weighted by molar-refractivity contribution is 0.132. The van der Waals surface area contributed by atoms with Gasteiger partial charge < -0.3 is 20.1 Å². The quantitative estimate of drug-likeness (QED) is 0.753. The van der Waals surface area contributed by atoms with E-state index in [9.17, 15) is 5.11 Å². The lowest BCUT2D eigenvalue weighted by atomic mass is 10.3. The van der Waals surface area contributed by atoms with Crippen molar-refractivity contribution in [3.8, 4) is 5.75 Å². The second-order valence-corrected chi connectivity index (χ2v) is 5.34. The van der Waals surface area contributed by atoms with Crippen LogP contribution in [0.3, 0.4) is 0 Å². The van der Waals surface area contributed by atoms with Crippen LogP contribution in [0.5, 0.6) is 5.75 Å². The molecule has 6 heteroatoms. The van der Waals surface area contributed by atoms with Crippen LogP contribution in [0.2, 0.25) is 0 Å². The zero-order valence-electron chi connectivity index (χ0n) is 12.9. The second kappa shape index (κ2) is 6.89. The van der Waals surface area contributed by atoms with Crippen LogP contribution in [-0.2, 0) is 11.3 Å². The fraction of sp³-hybridized carbons (Fsp3) is 0.533. The highest BCUT2D eigenvalue weighted by Crippen LogP contribution is 2.25. The molecule has 116 valence electrons. The fourth-order valence-electron chi connectivity index (χ4n) is 2.26. The molecule has 0 fully saturated rings. The molecule has 0 saturated carbocycles. The van der Waals surface area contributed by atoms with E-state index < -0.39 is 0 Å². The van der Waals surface area contributed by atoms with E-state index in [-0.39, 0.29) is 11.8 Å². The zero-order chi connectivity index (χ0) is 15.4. The summed E-state index contributed by atoms with van der Waals surface area (Å²) < 4.78 is 7.64. The third kappa shape index (κ3) is 3.53. The van der Waals surface area contributed by atoms with Crippen LogP contribution in [-0.4, -0.2) is 53.4 Å². The molecule has 0 aliphatic carbocycles. The van der Waals surface area contributed by atoms with Crippen LogP contribution < -0.4 is 5.73 Å². The SMILES string of the molecule is CC(c1nc2cc(O)ccc2n1CCOCCN)N(C)C. The molecule has 0 aliphatic rings. The first-order valence-corrected chi connectivity index (χ1v) is 7.18. The summed E-state index contributed by atoms with van der Waals surface area (Å²) in [5.41, 5.74) is 7.24. The molecule has 0 aliphatic heterocycles. The number of benzene rings is 1. The summed E-state index contributed by atoms with van der Waals surface area (Å²) in [5.74, 6) is 1.20. The zero-order valence-corrected chi connectivity index (χ0v) is 12.9. The summed E-state index contributed by atoms with van der Waals surface area (Å²) in [6.07, 6.45) is 0. The van der Waals surface area contributed by atoms with Crippen LogP contribution in [0, 0.1) is 0 Å². The van der Waals surface area contributed by atoms with Gasteiger partial charge in [-0.1, -0.05) is 0 Å². The molecule has 0 radical (unpaired) electrons. The summed E-state index contributed by atoms with van der Waals surface area (Å²) in [4.78, 5) is 6.78. The molecule has 2 aromatic rings. The minimum absolute atomic E-state index is 0.175. The Balaban J connectivity index is 2.35. The summed E-state index contributed by atoms with van der Waals surface area (Å²) >= 11 is 0. The van der Waals surface area contributed by atoms with Gasteiger partial charge in [0, 0.05) is 19.2 Å². The molecule has 0 amide bonds. The Morgan fingerprint density at radius 3 is 2.81 bits per heavy atom. The van der Waals surface area contributed by atoms with Gasteiger partial charge >= 0.3 is 0 Å². The number of imidazole rings is 1. The summed E-state index contributed by atoms with van der Waals surface area (Å²) in [7, 11) is 4.05. The van der Waals surface area contributed by atoms with E-state index in [2.05, 4.69) is 21.4 Å². The van der Waals surface area contributed by atoms with Crippen LogP contribution >= 0.6 is 0 Å². The van der Waals surface area contributed by atoms with Gasteiger partial charge in [0.1, 0.15) is 11.6 Å². The van der Waals surface area contributed by atoms with E-state index in [0.29, 0.717) is 19.8 Å². The van der Waals surface area contributed by atoms with Crippen LogP contribution in [0.4, 0.5) is 0 Å². The van der Waals surface area contributed by atoms with Crippen molar-refractivity contribution in [3.63, 3.8) is 0 Å². The molecule has 1 heterocycles. The number of aromatic nitrogens is 2.